The first-order valence-electron chi connectivity index (χ1n) is 6.62. The lowest BCUT2D eigenvalue weighted by molar-refractivity contribution is 0.412. The van der Waals surface area contributed by atoms with Crippen LogP contribution in [-0.4, -0.2) is 21.6 Å². The zero-order chi connectivity index (χ0) is 15.0. The monoisotopic (exact) mass is 281 g/mol. The summed E-state index contributed by atoms with van der Waals surface area (Å²) in [5.41, 5.74) is 1.99. The highest BCUT2D eigenvalue weighted by atomic mass is 16.5. The van der Waals surface area contributed by atoms with Crippen LogP contribution in [0.25, 0.3) is 16.7 Å². The van der Waals surface area contributed by atoms with Crippen molar-refractivity contribution in [3.8, 4) is 11.4 Å². The topological polar surface area (TPSA) is 57.0 Å². The summed E-state index contributed by atoms with van der Waals surface area (Å²) < 4.78 is 7.26. The summed E-state index contributed by atoms with van der Waals surface area (Å²) in [6.45, 7) is 3.68. The van der Waals surface area contributed by atoms with Gasteiger partial charge in [-0.3, -0.25) is 9.36 Å². The summed E-state index contributed by atoms with van der Waals surface area (Å²) in [6, 6.07) is 11.2. The van der Waals surface area contributed by atoms with Gasteiger partial charge in [0.05, 0.1) is 18.2 Å². The van der Waals surface area contributed by atoms with Gasteiger partial charge in [-0.2, -0.15) is 4.98 Å². The number of fused-ring (bicyclic) bond motifs is 1. The van der Waals surface area contributed by atoms with E-state index >= 15 is 0 Å². The molecular weight excluding hydrogens is 266 g/mol. The molecule has 0 N–H and O–H groups in total. The normalized spacial score (nSPS) is 10.8. The van der Waals surface area contributed by atoms with Crippen molar-refractivity contribution in [3.05, 3.63) is 58.3 Å². The van der Waals surface area contributed by atoms with Crippen LogP contribution in [0.15, 0.2) is 41.2 Å². The van der Waals surface area contributed by atoms with Crippen LogP contribution >= 0.6 is 0 Å². The van der Waals surface area contributed by atoms with Crippen molar-refractivity contribution >= 4 is 11.0 Å². The van der Waals surface area contributed by atoms with Crippen molar-refractivity contribution in [2.75, 3.05) is 7.11 Å². The molecule has 2 heterocycles. The van der Waals surface area contributed by atoms with Crippen LogP contribution in [0.4, 0.5) is 0 Å². The Morgan fingerprint density at radius 1 is 1.05 bits per heavy atom. The van der Waals surface area contributed by atoms with Crippen molar-refractivity contribution in [1.82, 2.24) is 14.5 Å². The van der Waals surface area contributed by atoms with E-state index in [2.05, 4.69) is 9.97 Å². The van der Waals surface area contributed by atoms with Crippen LogP contribution < -0.4 is 10.3 Å². The summed E-state index contributed by atoms with van der Waals surface area (Å²) in [5.74, 6) is 1.28. The lowest BCUT2D eigenvalue weighted by atomic mass is 10.2. The van der Waals surface area contributed by atoms with Gasteiger partial charge in [0, 0.05) is 5.69 Å². The van der Waals surface area contributed by atoms with Gasteiger partial charge in [-0.15, -0.1) is 0 Å². The van der Waals surface area contributed by atoms with Gasteiger partial charge in [0.15, 0.2) is 5.65 Å². The lowest BCUT2D eigenvalue weighted by Gasteiger charge is -2.15. The van der Waals surface area contributed by atoms with Crippen LogP contribution in [0, 0.1) is 13.8 Å². The summed E-state index contributed by atoms with van der Waals surface area (Å²) >= 11 is 0. The molecule has 0 bridgehead atoms. The number of methoxy groups -OCH3 is 1. The van der Waals surface area contributed by atoms with Crippen LogP contribution in [0.5, 0.6) is 5.75 Å². The highest BCUT2D eigenvalue weighted by Gasteiger charge is 2.14. The third kappa shape index (κ3) is 2.16. The largest absolute Gasteiger partial charge is 0.495 e. The minimum absolute atomic E-state index is 0.263. The first-order chi connectivity index (χ1) is 10.1. The Hall–Kier alpha value is -2.69. The van der Waals surface area contributed by atoms with Crippen LogP contribution in [0.3, 0.4) is 0 Å². The van der Waals surface area contributed by atoms with Crippen molar-refractivity contribution in [3.63, 3.8) is 0 Å². The molecule has 5 heteroatoms. The Bertz CT molecular complexity index is 884. The fourth-order valence-corrected chi connectivity index (χ4v) is 2.39. The van der Waals surface area contributed by atoms with Gasteiger partial charge >= 0.3 is 0 Å². The smallest absolute Gasteiger partial charge is 0.282 e. The average Bonchev–Trinajstić information content (AvgIpc) is 2.47. The maximum absolute atomic E-state index is 12.1. The van der Waals surface area contributed by atoms with Crippen LogP contribution in [-0.2, 0) is 0 Å². The Kier molecular flexibility index (Phi) is 3.17. The molecule has 0 spiro atoms. The molecule has 0 saturated carbocycles. The van der Waals surface area contributed by atoms with E-state index in [-0.39, 0.29) is 5.56 Å². The van der Waals surface area contributed by atoms with E-state index in [0.29, 0.717) is 22.6 Å². The molecule has 106 valence electrons. The van der Waals surface area contributed by atoms with Crippen LogP contribution in [0.2, 0.25) is 0 Å². The quantitative estimate of drug-likeness (QED) is 0.724. The third-order valence-corrected chi connectivity index (χ3v) is 3.37. The molecule has 0 amide bonds. The standard InChI is InChI=1S/C16H15N3O2/c1-10-8-9-12-15(17-10)19(11(2)18-16(12)20)13-6-4-5-7-14(13)21-3/h4-9H,1-3H3. The number of hydrogen-bond donors (Lipinski definition) is 0. The van der Waals surface area contributed by atoms with Gasteiger partial charge in [0.2, 0.25) is 0 Å². The van der Waals surface area contributed by atoms with Gasteiger partial charge in [0.1, 0.15) is 11.6 Å². The molecule has 2 aromatic heterocycles. The zero-order valence-corrected chi connectivity index (χ0v) is 12.1. The SMILES string of the molecule is COc1ccccc1-n1c(C)nc(=O)c2ccc(C)nc21. The fraction of sp³-hybridized carbons (Fsp3) is 0.188. The minimum Gasteiger partial charge on any atom is -0.495 e. The Balaban J connectivity index is 2.47. The molecule has 0 aliphatic carbocycles. The van der Waals surface area contributed by atoms with Gasteiger partial charge in [0.25, 0.3) is 5.56 Å². The molecule has 3 aromatic rings. The lowest BCUT2D eigenvalue weighted by Crippen LogP contribution is -2.17. The molecule has 0 aliphatic heterocycles. The third-order valence-electron chi connectivity index (χ3n) is 3.37. The number of nitrogens with zero attached hydrogens (tertiary/aromatic N) is 3. The molecule has 21 heavy (non-hydrogen) atoms. The minimum atomic E-state index is -0.263. The molecule has 0 aliphatic rings. The molecule has 0 radical (unpaired) electrons. The maximum Gasteiger partial charge on any atom is 0.282 e. The summed E-state index contributed by atoms with van der Waals surface area (Å²) in [5, 5.41) is 0.497. The second-order valence-corrected chi connectivity index (χ2v) is 4.80. The average molecular weight is 281 g/mol. The fourth-order valence-electron chi connectivity index (χ4n) is 2.39. The number of pyridine rings is 1. The number of rotatable bonds is 2. The summed E-state index contributed by atoms with van der Waals surface area (Å²) in [6.07, 6.45) is 0. The molecule has 0 fully saturated rings. The number of ether oxygens (including phenoxy) is 1. The summed E-state index contributed by atoms with van der Waals surface area (Å²) in [7, 11) is 1.62. The highest BCUT2D eigenvalue weighted by Crippen LogP contribution is 2.25. The second kappa shape index (κ2) is 5.01. The predicted molar refractivity (Wildman–Crippen MR) is 81.2 cm³/mol. The van der Waals surface area contributed by atoms with E-state index in [9.17, 15) is 4.79 Å². The van der Waals surface area contributed by atoms with Crippen molar-refractivity contribution < 1.29 is 4.74 Å². The van der Waals surface area contributed by atoms with E-state index in [1.165, 1.54) is 0 Å². The molecule has 5 nitrogen and oxygen atoms in total. The van der Waals surface area contributed by atoms with E-state index in [0.717, 1.165) is 11.4 Å². The number of hydrogen-bond acceptors (Lipinski definition) is 4. The Morgan fingerprint density at radius 2 is 1.81 bits per heavy atom. The molecule has 3 rings (SSSR count). The second-order valence-electron chi connectivity index (χ2n) is 4.80. The zero-order valence-electron chi connectivity index (χ0n) is 12.1. The van der Waals surface area contributed by atoms with Crippen molar-refractivity contribution in [1.29, 1.82) is 0 Å². The van der Waals surface area contributed by atoms with Gasteiger partial charge in [-0.05, 0) is 38.1 Å². The van der Waals surface area contributed by atoms with E-state index < -0.39 is 0 Å². The molecular formula is C16H15N3O2. The first-order valence-corrected chi connectivity index (χ1v) is 6.62. The molecule has 0 atom stereocenters. The maximum atomic E-state index is 12.1. The molecule has 0 unspecified atom stereocenters. The number of aryl methyl sites for hydroxylation is 2. The first kappa shape index (κ1) is 13.3. The van der Waals surface area contributed by atoms with E-state index in [1.54, 1.807) is 20.1 Å². The van der Waals surface area contributed by atoms with E-state index in [4.69, 9.17) is 4.74 Å². The Morgan fingerprint density at radius 3 is 2.57 bits per heavy atom. The number of para-hydroxylation sites is 2. The predicted octanol–water partition coefficient (Wildman–Crippen LogP) is 2.41. The van der Waals surface area contributed by atoms with Gasteiger partial charge in [-0.1, -0.05) is 12.1 Å². The van der Waals surface area contributed by atoms with Gasteiger partial charge in [-0.25, -0.2) is 4.98 Å². The number of aromatic nitrogens is 3. The van der Waals surface area contributed by atoms with Gasteiger partial charge < -0.3 is 4.74 Å². The highest BCUT2D eigenvalue weighted by molar-refractivity contribution is 5.77. The Labute approximate surface area is 121 Å². The van der Waals surface area contributed by atoms with E-state index in [1.807, 2.05) is 41.8 Å². The molecule has 1 aromatic carbocycles. The van der Waals surface area contributed by atoms with Crippen molar-refractivity contribution in [2.24, 2.45) is 0 Å². The molecule has 0 saturated heterocycles. The van der Waals surface area contributed by atoms with Crippen LogP contribution in [0.1, 0.15) is 11.5 Å². The van der Waals surface area contributed by atoms with Crippen molar-refractivity contribution in [2.45, 2.75) is 13.8 Å². The summed E-state index contributed by atoms with van der Waals surface area (Å²) in [4.78, 5) is 20.7. The number of benzene rings is 1.